The third kappa shape index (κ3) is 3.64. The minimum Gasteiger partial charge on any atom is -0.351 e. The van der Waals surface area contributed by atoms with Crippen molar-refractivity contribution < 1.29 is 4.79 Å². The Morgan fingerprint density at radius 1 is 1.36 bits per heavy atom. The molecule has 0 bridgehead atoms. The highest BCUT2D eigenvalue weighted by atomic mass is 32.2. The van der Waals surface area contributed by atoms with Crippen LogP contribution in [0.2, 0.25) is 0 Å². The van der Waals surface area contributed by atoms with E-state index in [4.69, 9.17) is 4.98 Å². The summed E-state index contributed by atoms with van der Waals surface area (Å²) in [4.78, 5) is 19.7. The first-order valence-corrected chi connectivity index (χ1v) is 11.7. The summed E-state index contributed by atoms with van der Waals surface area (Å²) < 4.78 is 2.06. The van der Waals surface area contributed by atoms with Crippen LogP contribution in [0.4, 0.5) is 0 Å². The molecule has 8 heteroatoms. The maximum atomic E-state index is 12.2. The molecule has 0 saturated carbocycles. The Morgan fingerprint density at radius 2 is 2.14 bits per heavy atom. The van der Waals surface area contributed by atoms with Crippen molar-refractivity contribution in [3.05, 3.63) is 16.3 Å². The van der Waals surface area contributed by atoms with Gasteiger partial charge in [0.25, 0.3) is 0 Å². The monoisotopic (exact) mass is 417 g/mol. The van der Waals surface area contributed by atoms with Crippen LogP contribution >= 0.6 is 23.1 Å². The van der Waals surface area contributed by atoms with E-state index in [1.54, 1.807) is 0 Å². The molecule has 1 aliphatic carbocycles. The largest absolute Gasteiger partial charge is 0.351 e. The van der Waals surface area contributed by atoms with E-state index in [2.05, 4.69) is 33.8 Å². The van der Waals surface area contributed by atoms with E-state index in [1.807, 2.05) is 32.1 Å². The highest BCUT2D eigenvalue weighted by Crippen LogP contribution is 2.39. The predicted octanol–water partition coefficient (Wildman–Crippen LogP) is 4.03. The van der Waals surface area contributed by atoms with Gasteiger partial charge in [0, 0.05) is 16.8 Å². The number of aromatic nitrogens is 4. The van der Waals surface area contributed by atoms with Crippen LogP contribution in [-0.2, 0) is 24.1 Å². The lowest BCUT2D eigenvalue weighted by molar-refractivity contribution is -0.119. The Bertz CT molecular complexity index is 1050. The van der Waals surface area contributed by atoms with Gasteiger partial charge in [-0.3, -0.25) is 9.20 Å². The number of nitrogens with zero attached hydrogens (tertiary/aromatic N) is 4. The van der Waals surface area contributed by atoms with Crippen molar-refractivity contribution in [2.45, 2.75) is 71.0 Å². The standard InChI is InChI=1S/C20H27N5OS2/c1-6-14-21-18-16(12-8-7-11(2)9-13(12)28-18)17-23-24-19(25(14)17)27-10-15(26)22-20(3,4)5/h11H,6-10H2,1-5H3,(H,22,26)/t11-/m1/s1. The Labute approximate surface area is 173 Å². The highest BCUT2D eigenvalue weighted by Gasteiger charge is 2.25. The fourth-order valence-corrected chi connectivity index (χ4v) is 5.94. The minimum absolute atomic E-state index is 0.00300. The topological polar surface area (TPSA) is 72.2 Å². The van der Waals surface area contributed by atoms with E-state index >= 15 is 0 Å². The maximum Gasteiger partial charge on any atom is 0.230 e. The van der Waals surface area contributed by atoms with Gasteiger partial charge in [0.05, 0.1) is 11.1 Å². The number of amides is 1. The molecular formula is C20H27N5OS2. The molecule has 4 rings (SSSR count). The molecule has 150 valence electrons. The number of fused-ring (bicyclic) bond motifs is 5. The van der Waals surface area contributed by atoms with Gasteiger partial charge in [-0.25, -0.2) is 4.98 Å². The number of thioether (sulfide) groups is 1. The highest BCUT2D eigenvalue weighted by molar-refractivity contribution is 7.99. The van der Waals surface area contributed by atoms with E-state index in [0.717, 1.165) is 46.6 Å². The maximum absolute atomic E-state index is 12.2. The first-order valence-electron chi connectivity index (χ1n) is 9.89. The second-order valence-corrected chi connectivity index (χ2v) is 10.7. The Kier molecular flexibility index (Phi) is 5.12. The molecule has 3 aromatic rings. The van der Waals surface area contributed by atoms with Crippen LogP contribution in [0.15, 0.2) is 5.16 Å². The molecule has 6 nitrogen and oxygen atoms in total. The lowest BCUT2D eigenvalue weighted by Crippen LogP contribution is -2.41. The summed E-state index contributed by atoms with van der Waals surface area (Å²) in [6.45, 7) is 10.4. The Hall–Kier alpha value is -1.67. The number of rotatable bonds is 4. The van der Waals surface area contributed by atoms with Gasteiger partial charge in [0.2, 0.25) is 5.91 Å². The van der Waals surface area contributed by atoms with E-state index in [-0.39, 0.29) is 11.4 Å². The van der Waals surface area contributed by atoms with Crippen LogP contribution in [0, 0.1) is 5.92 Å². The molecule has 28 heavy (non-hydrogen) atoms. The van der Waals surface area contributed by atoms with Gasteiger partial charge in [-0.2, -0.15) is 0 Å². The van der Waals surface area contributed by atoms with Crippen molar-refractivity contribution >= 4 is 44.9 Å². The molecule has 0 aliphatic heterocycles. The summed E-state index contributed by atoms with van der Waals surface area (Å²) >= 11 is 3.24. The van der Waals surface area contributed by atoms with Gasteiger partial charge in [0.1, 0.15) is 10.7 Å². The van der Waals surface area contributed by atoms with Crippen molar-refractivity contribution in [2.24, 2.45) is 5.92 Å². The quantitative estimate of drug-likeness (QED) is 0.649. The van der Waals surface area contributed by atoms with Gasteiger partial charge in [0.15, 0.2) is 10.8 Å². The van der Waals surface area contributed by atoms with Crippen LogP contribution in [-0.4, -0.2) is 36.8 Å². The number of hydrogen-bond acceptors (Lipinski definition) is 6. The number of thiophene rings is 1. The molecule has 0 spiro atoms. The lowest BCUT2D eigenvalue weighted by atomic mass is 9.89. The summed E-state index contributed by atoms with van der Waals surface area (Å²) in [6, 6.07) is 0. The first-order chi connectivity index (χ1) is 13.3. The first kappa shape index (κ1) is 19.6. The van der Waals surface area contributed by atoms with Gasteiger partial charge in [-0.05, 0) is 51.5 Å². The summed E-state index contributed by atoms with van der Waals surface area (Å²) in [5.74, 6) is 2.01. The SMILES string of the molecule is CCc1nc2sc3c(c2c2nnc(SCC(=O)NC(C)(C)C)n12)CC[C@@H](C)C3. The van der Waals surface area contributed by atoms with Gasteiger partial charge >= 0.3 is 0 Å². The summed E-state index contributed by atoms with van der Waals surface area (Å²) in [5.41, 5.74) is 2.07. The number of nitrogens with one attached hydrogen (secondary N) is 1. The lowest BCUT2D eigenvalue weighted by Gasteiger charge is -2.20. The molecule has 1 aliphatic rings. The number of hydrogen-bond donors (Lipinski definition) is 1. The zero-order valence-corrected chi connectivity index (χ0v) is 18.8. The predicted molar refractivity (Wildman–Crippen MR) is 115 cm³/mol. The van der Waals surface area contributed by atoms with Gasteiger partial charge < -0.3 is 5.32 Å². The van der Waals surface area contributed by atoms with E-state index in [9.17, 15) is 4.79 Å². The molecule has 3 aromatic heterocycles. The molecule has 1 amide bonds. The average molecular weight is 418 g/mol. The van der Waals surface area contributed by atoms with Crippen molar-refractivity contribution in [3.8, 4) is 0 Å². The van der Waals surface area contributed by atoms with E-state index < -0.39 is 0 Å². The van der Waals surface area contributed by atoms with Crippen LogP contribution in [0.3, 0.4) is 0 Å². The van der Waals surface area contributed by atoms with Crippen molar-refractivity contribution in [2.75, 3.05) is 5.75 Å². The van der Waals surface area contributed by atoms with Crippen LogP contribution < -0.4 is 5.32 Å². The van der Waals surface area contributed by atoms with Gasteiger partial charge in [-0.15, -0.1) is 21.5 Å². The molecule has 1 atom stereocenters. The van der Waals surface area contributed by atoms with E-state index in [1.165, 1.54) is 34.0 Å². The van der Waals surface area contributed by atoms with Crippen molar-refractivity contribution in [1.29, 1.82) is 0 Å². The zero-order valence-electron chi connectivity index (χ0n) is 17.1. The number of carbonyl (C=O) groups excluding carboxylic acids is 1. The fraction of sp³-hybridized carbons (Fsp3) is 0.600. The average Bonchev–Trinajstić information content (AvgIpc) is 3.17. The minimum atomic E-state index is -0.236. The summed E-state index contributed by atoms with van der Waals surface area (Å²) in [7, 11) is 0. The Balaban J connectivity index is 1.74. The Morgan fingerprint density at radius 3 is 2.86 bits per heavy atom. The third-order valence-corrected chi connectivity index (χ3v) is 7.08. The molecular weight excluding hydrogens is 390 g/mol. The van der Waals surface area contributed by atoms with Crippen molar-refractivity contribution in [3.63, 3.8) is 0 Å². The molecule has 0 radical (unpaired) electrons. The second kappa shape index (κ2) is 7.30. The van der Waals surface area contributed by atoms with E-state index in [0.29, 0.717) is 5.75 Å². The molecule has 0 unspecified atom stereocenters. The van der Waals surface area contributed by atoms with Gasteiger partial charge in [-0.1, -0.05) is 25.6 Å². The molecule has 1 N–H and O–H groups in total. The molecule has 0 aromatic carbocycles. The molecule has 0 saturated heterocycles. The smallest absolute Gasteiger partial charge is 0.230 e. The van der Waals surface area contributed by atoms with Crippen LogP contribution in [0.1, 0.15) is 57.3 Å². The third-order valence-electron chi connectivity index (χ3n) is 5.00. The zero-order chi connectivity index (χ0) is 20.1. The summed E-state index contributed by atoms with van der Waals surface area (Å²) in [6.07, 6.45) is 4.23. The normalized spacial score (nSPS) is 17.2. The fourth-order valence-electron chi connectivity index (χ4n) is 3.79. The summed E-state index contributed by atoms with van der Waals surface area (Å²) in [5, 5.41) is 13.9. The van der Waals surface area contributed by atoms with Crippen molar-refractivity contribution in [1.82, 2.24) is 24.9 Å². The number of aryl methyl sites for hydroxylation is 2. The van der Waals surface area contributed by atoms with Crippen LogP contribution in [0.25, 0.3) is 15.9 Å². The molecule has 0 fully saturated rings. The number of carbonyl (C=O) groups is 1. The van der Waals surface area contributed by atoms with Crippen LogP contribution in [0.5, 0.6) is 0 Å². The molecule has 3 heterocycles. The second-order valence-electron chi connectivity index (χ2n) is 8.64.